The molecule has 0 amide bonds. The summed E-state index contributed by atoms with van der Waals surface area (Å²) in [5.41, 5.74) is 4.90. The number of rotatable bonds is 7. The van der Waals surface area contributed by atoms with Crippen molar-refractivity contribution in [3.63, 3.8) is 0 Å². The summed E-state index contributed by atoms with van der Waals surface area (Å²) in [7, 11) is 3.61. The third kappa shape index (κ3) is 4.32. The minimum atomic E-state index is 0.411. The van der Waals surface area contributed by atoms with Crippen LogP contribution in [0.25, 0.3) is 33.7 Å². The quantitative estimate of drug-likeness (QED) is 0.323. The lowest BCUT2D eigenvalue weighted by atomic mass is 9.95. The third-order valence-electron chi connectivity index (χ3n) is 7.18. The molecule has 0 atom stereocenters. The Balaban J connectivity index is 1.38. The van der Waals surface area contributed by atoms with Crippen molar-refractivity contribution in [1.29, 1.82) is 0 Å². The van der Waals surface area contributed by atoms with Gasteiger partial charge in [-0.05, 0) is 44.0 Å². The van der Waals surface area contributed by atoms with E-state index in [0.29, 0.717) is 17.7 Å². The molecule has 1 aliphatic carbocycles. The first-order valence-electron chi connectivity index (χ1n) is 12.8. The zero-order valence-corrected chi connectivity index (χ0v) is 21.4. The van der Waals surface area contributed by atoms with Gasteiger partial charge in [-0.25, -0.2) is 4.98 Å². The molecule has 10 heteroatoms. The van der Waals surface area contributed by atoms with E-state index < -0.39 is 0 Å². The monoisotopic (exact) mass is 497 g/mol. The van der Waals surface area contributed by atoms with Crippen LogP contribution in [0.5, 0.6) is 5.75 Å². The predicted molar refractivity (Wildman–Crippen MR) is 143 cm³/mol. The van der Waals surface area contributed by atoms with Gasteiger partial charge in [0.05, 0.1) is 24.7 Å². The van der Waals surface area contributed by atoms with Gasteiger partial charge in [-0.1, -0.05) is 19.3 Å². The smallest absolute Gasteiger partial charge is 0.229 e. The molecule has 0 aliphatic heterocycles. The van der Waals surface area contributed by atoms with Gasteiger partial charge in [0.2, 0.25) is 5.95 Å². The van der Waals surface area contributed by atoms with E-state index in [1.165, 1.54) is 19.3 Å². The first-order chi connectivity index (χ1) is 18.1. The summed E-state index contributed by atoms with van der Waals surface area (Å²) >= 11 is 0. The highest BCUT2D eigenvalue weighted by atomic mass is 16.5. The molecule has 0 bridgehead atoms. The Morgan fingerprint density at radius 2 is 1.95 bits per heavy atom. The second-order valence-electron chi connectivity index (χ2n) is 9.55. The highest BCUT2D eigenvalue weighted by Crippen LogP contribution is 2.38. The van der Waals surface area contributed by atoms with Crippen LogP contribution in [0, 0.1) is 0 Å². The van der Waals surface area contributed by atoms with Crippen LogP contribution in [0.4, 0.5) is 11.6 Å². The molecule has 4 heterocycles. The number of fused-ring (bicyclic) bond motifs is 1. The standard InChI is InChI=1S/C27H31N9O/c1-4-35-17-29-33-26(35)18-10-11-22(24(13-18)37-3)31-27-28-14-19-12-23(20-15-30-34(2)16-20)36(25(19)32-27)21-8-6-5-7-9-21/h10-17,21H,4-9H2,1-3H3,(H,28,31,32). The van der Waals surface area contributed by atoms with Gasteiger partial charge in [-0.2, -0.15) is 10.1 Å². The maximum absolute atomic E-state index is 5.71. The Labute approximate surface area is 215 Å². The Morgan fingerprint density at radius 3 is 2.70 bits per heavy atom. The highest BCUT2D eigenvalue weighted by molar-refractivity contribution is 5.85. The summed E-state index contributed by atoms with van der Waals surface area (Å²) in [6.07, 6.45) is 13.7. The van der Waals surface area contributed by atoms with Crippen molar-refractivity contribution in [1.82, 2.24) is 39.1 Å². The van der Waals surface area contributed by atoms with Crippen molar-refractivity contribution in [3.05, 3.63) is 49.2 Å². The van der Waals surface area contributed by atoms with E-state index in [2.05, 4.69) is 49.4 Å². The summed E-state index contributed by atoms with van der Waals surface area (Å²) in [4.78, 5) is 9.64. The van der Waals surface area contributed by atoms with E-state index in [-0.39, 0.29) is 0 Å². The third-order valence-corrected chi connectivity index (χ3v) is 7.18. The van der Waals surface area contributed by atoms with Crippen LogP contribution < -0.4 is 10.1 Å². The number of hydrogen-bond donors (Lipinski definition) is 1. The first kappa shape index (κ1) is 23.2. The van der Waals surface area contributed by atoms with Crippen molar-refractivity contribution in [2.75, 3.05) is 12.4 Å². The van der Waals surface area contributed by atoms with Crippen LogP contribution in [0.2, 0.25) is 0 Å². The largest absolute Gasteiger partial charge is 0.495 e. The lowest BCUT2D eigenvalue weighted by molar-refractivity contribution is 0.362. The minimum absolute atomic E-state index is 0.411. The van der Waals surface area contributed by atoms with E-state index >= 15 is 0 Å². The normalized spacial score (nSPS) is 14.4. The van der Waals surface area contributed by atoms with Crippen LogP contribution in [-0.2, 0) is 13.6 Å². The Bertz CT molecular complexity index is 1540. The highest BCUT2D eigenvalue weighted by Gasteiger charge is 2.23. The van der Waals surface area contributed by atoms with Gasteiger partial charge in [0.25, 0.3) is 0 Å². The van der Waals surface area contributed by atoms with Crippen molar-refractivity contribution >= 4 is 22.7 Å². The molecule has 1 N–H and O–H groups in total. The van der Waals surface area contributed by atoms with Gasteiger partial charge in [-0.15, -0.1) is 10.2 Å². The molecule has 0 spiro atoms. The fourth-order valence-corrected chi connectivity index (χ4v) is 5.32. The lowest BCUT2D eigenvalue weighted by Crippen LogP contribution is -2.14. The van der Waals surface area contributed by atoms with Crippen molar-refractivity contribution < 1.29 is 4.74 Å². The van der Waals surface area contributed by atoms with Gasteiger partial charge < -0.3 is 19.2 Å². The van der Waals surface area contributed by atoms with Gasteiger partial charge in [-0.3, -0.25) is 4.68 Å². The average Bonchev–Trinajstić information content (AvgIpc) is 3.67. The topological polar surface area (TPSA) is 101 Å². The Hall–Kier alpha value is -4.21. The molecule has 6 rings (SSSR count). The molecule has 1 fully saturated rings. The van der Waals surface area contributed by atoms with Crippen LogP contribution in [0.15, 0.2) is 49.2 Å². The SMILES string of the molecule is CCn1cnnc1-c1ccc(Nc2ncc3cc(-c4cnn(C)c4)n(C4CCCCC4)c3n2)c(OC)c1. The minimum Gasteiger partial charge on any atom is -0.495 e. The zero-order valence-electron chi connectivity index (χ0n) is 21.4. The molecule has 0 radical (unpaired) electrons. The second kappa shape index (κ2) is 9.68. The summed E-state index contributed by atoms with van der Waals surface area (Å²) in [6.45, 7) is 2.86. The Morgan fingerprint density at radius 1 is 1.08 bits per heavy atom. The second-order valence-corrected chi connectivity index (χ2v) is 9.55. The van der Waals surface area contributed by atoms with Crippen LogP contribution >= 0.6 is 0 Å². The van der Waals surface area contributed by atoms with Crippen molar-refractivity contribution in [2.45, 2.75) is 51.6 Å². The van der Waals surface area contributed by atoms with E-state index in [4.69, 9.17) is 9.72 Å². The van der Waals surface area contributed by atoms with Crippen LogP contribution in [0.3, 0.4) is 0 Å². The number of nitrogens with one attached hydrogen (secondary N) is 1. The number of aryl methyl sites for hydroxylation is 2. The number of anilines is 2. The number of aromatic nitrogens is 8. The first-order valence-corrected chi connectivity index (χ1v) is 12.8. The van der Waals surface area contributed by atoms with E-state index in [9.17, 15) is 0 Å². The molecule has 0 saturated heterocycles. The fourth-order valence-electron chi connectivity index (χ4n) is 5.32. The molecule has 10 nitrogen and oxygen atoms in total. The van der Waals surface area contributed by atoms with Gasteiger partial charge >= 0.3 is 0 Å². The van der Waals surface area contributed by atoms with Gasteiger partial charge in [0, 0.05) is 48.5 Å². The molecule has 1 aliphatic rings. The number of ether oxygens (including phenoxy) is 1. The molecule has 190 valence electrons. The van der Waals surface area contributed by atoms with Crippen molar-refractivity contribution in [3.8, 4) is 28.4 Å². The van der Waals surface area contributed by atoms with Gasteiger partial charge in [0.15, 0.2) is 5.82 Å². The fraction of sp³-hybridized carbons (Fsp3) is 0.370. The van der Waals surface area contributed by atoms with E-state index in [0.717, 1.165) is 58.8 Å². The molecular weight excluding hydrogens is 466 g/mol. The molecule has 4 aromatic heterocycles. The van der Waals surface area contributed by atoms with Crippen LogP contribution in [-0.4, -0.2) is 46.2 Å². The predicted octanol–water partition coefficient (Wildman–Crippen LogP) is 5.37. The average molecular weight is 498 g/mol. The van der Waals surface area contributed by atoms with E-state index in [1.807, 2.05) is 46.9 Å². The number of nitrogens with zero attached hydrogens (tertiary/aromatic N) is 8. The maximum atomic E-state index is 5.71. The number of methoxy groups -OCH3 is 1. The molecule has 37 heavy (non-hydrogen) atoms. The molecule has 1 aromatic carbocycles. The van der Waals surface area contributed by atoms with Crippen LogP contribution in [0.1, 0.15) is 45.1 Å². The molecular formula is C27H31N9O. The molecule has 1 saturated carbocycles. The maximum Gasteiger partial charge on any atom is 0.229 e. The van der Waals surface area contributed by atoms with Gasteiger partial charge in [0.1, 0.15) is 17.7 Å². The summed E-state index contributed by atoms with van der Waals surface area (Å²) in [5, 5.41) is 17.1. The van der Waals surface area contributed by atoms with E-state index in [1.54, 1.807) is 13.4 Å². The summed E-state index contributed by atoms with van der Waals surface area (Å²) < 4.78 is 12.0. The number of hydrogen-bond acceptors (Lipinski definition) is 7. The molecule has 0 unspecified atom stereocenters. The zero-order chi connectivity index (χ0) is 25.4. The summed E-state index contributed by atoms with van der Waals surface area (Å²) in [6, 6.07) is 8.53. The number of benzene rings is 1. The lowest BCUT2D eigenvalue weighted by Gasteiger charge is -2.25. The Kier molecular flexibility index (Phi) is 6.07. The molecule has 5 aromatic rings. The summed E-state index contributed by atoms with van der Waals surface area (Å²) in [5.74, 6) is 2.02. The van der Waals surface area contributed by atoms with Crippen molar-refractivity contribution in [2.24, 2.45) is 7.05 Å².